The Hall–Kier alpha value is -3.61. The Kier molecular flexibility index (Phi) is 5.64. The summed E-state index contributed by atoms with van der Waals surface area (Å²) < 4.78 is 6.07. The van der Waals surface area contributed by atoms with Gasteiger partial charge in [0.2, 0.25) is 5.95 Å². The number of hydrogen-bond donors (Lipinski definition) is 3. The van der Waals surface area contributed by atoms with Crippen LogP contribution in [0.25, 0.3) is 10.9 Å². The molecule has 1 aliphatic heterocycles. The van der Waals surface area contributed by atoms with Gasteiger partial charge in [-0.1, -0.05) is 43.2 Å². The van der Waals surface area contributed by atoms with Crippen molar-refractivity contribution in [2.75, 3.05) is 17.2 Å². The molecule has 0 aliphatic carbocycles. The number of rotatable bonds is 0. The molecule has 2 aromatic heterocycles. The van der Waals surface area contributed by atoms with E-state index in [4.69, 9.17) is 14.7 Å². The predicted octanol–water partition coefficient (Wildman–Crippen LogP) is 5.20. The van der Waals surface area contributed by atoms with Crippen molar-refractivity contribution in [3.05, 3.63) is 65.9 Å². The van der Waals surface area contributed by atoms with E-state index in [1.54, 1.807) is 0 Å². The van der Waals surface area contributed by atoms with Crippen LogP contribution in [0.15, 0.2) is 54.6 Å². The molecule has 0 radical (unpaired) electrons. The first-order chi connectivity index (χ1) is 15.3. The molecule has 158 valence electrons. The maximum atomic E-state index is 6.07. The molecule has 7 nitrogen and oxygen atoms in total. The summed E-state index contributed by atoms with van der Waals surface area (Å²) >= 11 is 0. The maximum Gasteiger partial charge on any atom is 0.225 e. The lowest BCUT2D eigenvalue weighted by atomic mass is 10.1. The molecule has 4 aromatic rings. The zero-order chi connectivity index (χ0) is 20.9. The van der Waals surface area contributed by atoms with Gasteiger partial charge in [0.15, 0.2) is 5.82 Å². The van der Waals surface area contributed by atoms with Gasteiger partial charge in [0.25, 0.3) is 0 Å². The molecule has 0 atom stereocenters. The van der Waals surface area contributed by atoms with E-state index < -0.39 is 0 Å². The van der Waals surface area contributed by atoms with Crippen molar-refractivity contribution >= 4 is 28.5 Å². The zero-order valence-electron chi connectivity index (χ0n) is 17.4. The highest BCUT2D eigenvalue weighted by Gasteiger charge is 2.11. The highest BCUT2D eigenvalue weighted by atomic mass is 16.5. The second kappa shape index (κ2) is 9.04. The fourth-order valence-corrected chi connectivity index (χ4v) is 3.84. The third kappa shape index (κ3) is 4.60. The van der Waals surface area contributed by atoms with Gasteiger partial charge in [-0.2, -0.15) is 10.1 Å². The Bertz CT molecular complexity index is 1170. The van der Waals surface area contributed by atoms with Gasteiger partial charge >= 0.3 is 0 Å². The normalized spacial score (nSPS) is 15.0. The van der Waals surface area contributed by atoms with Crippen LogP contribution in [-0.2, 0) is 13.0 Å². The summed E-state index contributed by atoms with van der Waals surface area (Å²) in [5.74, 6) is 2.98. The lowest BCUT2D eigenvalue weighted by Crippen LogP contribution is -2.08. The molecule has 3 N–H and O–H groups in total. The lowest BCUT2D eigenvalue weighted by molar-refractivity contribution is 0.302. The van der Waals surface area contributed by atoms with Gasteiger partial charge in [-0.05, 0) is 37.5 Å². The summed E-state index contributed by atoms with van der Waals surface area (Å²) in [7, 11) is 0. The van der Waals surface area contributed by atoms with Gasteiger partial charge in [0, 0.05) is 29.3 Å². The number of benzene rings is 2. The number of H-pyrrole nitrogens is 1. The maximum absolute atomic E-state index is 6.07. The number of aromatic amines is 1. The number of hydrogen-bond acceptors (Lipinski definition) is 6. The van der Waals surface area contributed by atoms with Crippen molar-refractivity contribution in [1.29, 1.82) is 0 Å². The Morgan fingerprint density at radius 2 is 1.74 bits per heavy atom. The molecule has 0 saturated carbocycles. The average molecular weight is 415 g/mol. The van der Waals surface area contributed by atoms with Crippen LogP contribution in [0, 0.1) is 0 Å². The lowest BCUT2D eigenvalue weighted by Gasteiger charge is -2.14. The van der Waals surface area contributed by atoms with Gasteiger partial charge in [-0.3, -0.25) is 5.10 Å². The number of aryl methyl sites for hydroxylation is 1. The molecule has 0 spiro atoms. The fraction of sp³-hybridized carbons (Fsp3) is 0.292. The number of anilines is 3. The number of fused-ring (bicyclic) bond motifs is 7. The standard InChI is InChI=1S/C24H26N6O/c1-2-8-14-31-21-13-7-4-9-17(21)16-25-24-26-20-12-6-5-11-19(20)23(28-24)27-22-15-18(10-3-1)29-30-22/h4-7,9,11-13,15H,1-3,8,10,14,16H2,(H3,25,26,27,28,29,30). The number of nitrogens with zero attached hydrogens (tertiary/aromatic N) is 3. The van der Waals surface area contributed by atoms with Crippen LogP contribution >= 0.6 is 0 Å². The smallest absolute Gasteiger partial charge is 0.225 e. The summed E-state index contributed by atoms with van der Waals surface area (Å²) in [5.41, 5.74) is 3.09. The fourth-order valence-electron chi connectivity index (χ4n) is 3.84. The number of nitrogens with one attached hydrogen (secondary N) is 3. The first kappa shape index (κ1) is 19.4. The minimum Gasteiger partial charge on any atom is -0.493 e. The number of para-hydroxylation sites is 2. The molecule has 0 unspecified atom stereocenters. The van der Waals surface area contributed by atoms with Gasteiger partial charge in [-0.15, -0.1) is 0 Å². The Morgan fingerprint density at radius 3 is 2.74 bits per heavy atom. The molecular formula is C24H26N6O. The van der Waals surface area contributed by atoms with Crippen LogP contribution in [0.1, 0.15) is 36.9 Å². The van der Waals surface area contributed by atoms with E-state index in [1.807, 2.05) is 42.5 Å². The molecule has 5 rings (SSSR count). The molecule has 7 heteroatoms. The van der Waals surface area contributed by atoms with Gasteiger partial charge in [-0.25, -0.2) is 4.98 Å². The van der Waals surface area contributed by atoms with E-state index in [0.717, 1.165) is 71.8 Å². The van der Waals surface area contributed by atoms with Gasteiger partial charge < -0.3 is 15.4 Å². The third-order valence-corrected chi connectivity index (χ3v) is 5.49. The molecule has 31 heavy (non-hydrogen) atoms. The van der Waals surface area contributed by atoms with E-state index in [0.29, 0.717) is 12.5 Å². The largest absolute Gasteiger partial charge is 0.493 e. The van der Waals surface area contributed by atoms with Crippen LogP contribution in [0.2, 0.25) is 0 Å². The number of ether oxygens (including phenoxy) is 1. The monoisotopic (exact) mass is 414 g/mol. The minimum atomic E-state index is 0.563. The first-order valence-corrected chi connectivity index (χ1v) is 10.9. The first-order valence-electron chi connectivity index (χ1n) is 10.9. The van der Waals surface area contributed by atoms with E-state index in [1.165, 1.54) is 6.42 Å². The second-order valence-corrected chi connectivity index (χ2v) is 7.79. The Balaban J connectivity index is 1.49. The number of aromatic nitrogens is 4. The third-order valence-electron chi connectivity index (χ3n) is 5.49. The average Bonchev–Trinajstić information content (AvgIpc) is 3.24. The summed E-state index contributed by atoms with van der Waals surface area (Å²) in [6, 6.07) is 18.2. The molecule has 0 amide bonds. The van der Waals surface area contributed by atoms with Crippen molar-refractivity contribution in [3.8, 4) is 5.75 Å². The highest BCUT2D eigenvalue weighted by molar-refractivity contribution is 5.91. The molecule has 1 aliphatic rings. The zero-order valence-corrected chi connectivity index (χ0v) is 17.4. The topological polar surface area (TPSA) is 87.8 Å². The van der Waals surface area contributed by atoms with Crippen molar-refractivity contribution in [2.24, 2.45) is 0 Å². The van der Waals surface area contributed by atoms with Crippen molar-refractivity contribution < 1.29 is 4.74 Å². The van der Waals surface area contributed by atoms with Crippen LogP contribution in [-0.4, -0.2) is 26.8 Å². The summed E-state index contributed by atoms with van der Waals surface area (Å²) in [6.45, 7) is 1.31. The van der Waals surface area contributed by atoms with Crippen molar-refractivity contribution in [2.45, 2.75) is 38.6 Å². The summed E-state index contributed by atoms with van der Waals surface area (Å²) in [6.07, 6.45) is 5.49. The minimum absolute atomic E-state index is 0.563. The van der Waals surface area contributed by atoms with E-state index >= 15 is 0 Å². The van der Waals surface area contributed by atoms with Crippen LogP contribution in [0.5, 0.6) is 5.75 Å². The molecule has 0 fully saturated rings. The Labute approximate surface area is 181 Å². The van der Waals surface area contributed by atoms with Crippen LogP contribution in [0.3, 0.4) is 0 Å². The van der Waals surface area contributed by atoms with E-state index in [2.05, 4.69) is 33.0 Å². The summed E-state index contributed by atoms with van der Waals surface area (Å²) in [4.78, 5) is 9.44. The summed E-state index contributed by atoms with van der Waals surface area (Å²) in [5, 5.41) is 15.3. The SMILES string of the molecule is c1ccc2c(c1)CNc1nc(c3ccccc3n1)Nc1cc([nH]n1)CCCCCCO2. The quantitative estimate of drug-likeness (QED) is 0.366. The molecular weight excluding hydrogens is 388 g/mol. The predicted molar refractivity (Wildman–Crippen MR) is 123 cm³/mol. The molecule has 4 bridgehead atoms. The van der Waals surface area contributed by atoms with Crippen LogP contribution in [0.4, 0.5) is 17.6 Å². The van der Waals surface area contributed by atoms with E-state index in [9.17, 15) is 0 Å². The Morgan fingerprint density at radius 1 is 0.871 bits per heavy atom. The molecule has 2 aromatic carbocycles. The van der Waals surface area contributed by atoms with Crippen LogP contribution < -0.4 is 15.4 Å². The van der Waals surface area contributed by atoms with Crippen molar-refractivity contribution in [3.63, 3.8) is 0 Å². The van der Waals surface area contributed by atoms with Crippen molar-refractivity contribution in [1.82, 2.24) is 20.2 Å². The van der Waals surface area contributed by atoms with Gasteiger partial charge in [0.05, 0.1) is 12.1 Å². The molecule has 0 saturated heterocycles. The second-order valence-electron chi connectivity index (χ2n) is 7.79. The molecule has 3 heterocycles. The highest BCUT2D eigenvalue weighted by Crippen LogP contribution is 2.26. The van der Waals surface area contributed by atoms with Gasteiger partial charge in [0.1, 0.15) is 11.6 Å². The van der Waals surface area contributed by atoms with E-state index in [-0.39, 0.29) is 0 Å².